The average molecular weight is 240 g/mol. The van der Waals surface area contributed by atoms with Crippen LogP contribution in [0.25, 0.3) is 0 Å². The fourth-order valence-corrected chi connectivity index (χ4v) is 3.00. The highest BCUT2D eigenvalue weighted by atomic mass is 15.1. The third-order valence-electron chi connectivity index (χ3n) is 3.84. The average Bonchev–Trinajstić information content (AvgIpc) is 2.73. The van der Waals surface area contributed by atoms with E-state index in [1.54, 1.807) is 0 Å². The van der Waals surface area contributed by atoms with Gasteiger partial charge in [0.2, 0.25) is 0 Å². The van der Waals surface area contributed by atoms with Crippen LogP contribution in [0.4, 0.5) is 0 Å². The second-order valence-electron chi connectivity index (χ2n) is 5.61. The minimum atomic E-state index is 0.598. The summed E-state index contributed by atoms with van der Waals surface area (Å²) >= 11 is 0. The number of benzene rings is 1. The quantitative estimate of drug-likeness (QED) is 0.784. The molecule has 0 radical (unpaired) electrons. The first-order chi connectivity index (χ1) is 8.72. The molecule has 18 heavy (non-hydrogen) atoms. The molecule has 2 heteroatoms. The number of imidazole rings is 1. The standard InChI is InChI=1S/C16H20N2/c1-12-8-13(2)18-11-15(17-16(18)9-12)10-14-6-4-3-5-7-14/h3-7,11-13H,8-10H2,1-2H3. The fourth-order valence-electron chi connectivity index (χ4n) is 3.00. The molecule has 0 N–H and O–H groups in total. The highest BCUT2D eigenvalue weighted by Crippen LogP contribution is 2.28. The van der Waals surface area contributed by atoms with E-state index in [1.807, 2.05) is 0 Å². The summed E-state index contributed by atoms with van der Waals surface area (Å²) in [4.78, 5) is 4.81. The normalized spacial score (nSPS) is 22.8. The van der Waals surface area contributed by atoms with Gasteiger partial charge in [-0.25, -0.2) is 4.98 Å². The molecule has 0 fully saturated rings. The van der Waals surface area contributed by atoms with Crippen LogP contribution in [-0.2, 0) is 12.8 Å². The van der Waals surface area contributed by atoms with Crippen LogP contribution in [0.5, 0.6) is 0 Å². The molecule has 1 aliphatic rings. The summed E-state index contributed by atoms with van der Waals surface area (Å²) in [6, 6.07) is 11.2. The summed E-state index contributed by atoms with van der Waals surface area (Å²) in [5.41, 5.74) is 2.55. The topological polar surface area (TPSA) is 17.8 Å². The van der Waals surface area contributed by atoms with E-state index in [1.165, 1.54) is 23.5 Å². The van der Waals surface area contributed by atoms with Gasteiger partial charge in [-0.15, -0.1) is 0 Å². The molecule has 3 rings (SSSR count). The third kappa shape index (κ3) is 2.20. The molecule has 2 heterocycles. The molecule has 1 aromatic heterocycles. The molecule has 0 saturated heterocycles. The van der Waals surface area contributed by atoms with Gasteiger partial charge in [0, 0.05) is 25.1 Å². The summed E-state index contributed by atoms with van der Waals surface area (Å²) in [5, 5.41) is 0. The molecule has 0 saturated carbocycles. The van der Waals surface area contributed by atoms with E-state index in [9.17, 15) is 0 Å². The monoisotopic (exact) mass is 240 g/mol. The molecule has 0 bridgehead atoms. The van der Waals surface area contributed by atoms with Gasteiger partial charge in [0.15, 0.2) is 0 Å². The van der Waals surface area contributed by atoms with Gasteiger partial charge in [0.25, 0.3) is 0 Å². The lowest BCUT2D eigenvalue weighted by Crippen LogP contribution is -2.20. The van der Waals surface area contributed by atoms with Crippen LogP contribution in [-0.4, -0.2) is 9.55 Å². The number of rotatable bonds is 2. The molecule has 2 atom stereocenters. The molecule has 0 aliphatic carbocycles. The van der Waals surface area contributed by atoms with Crippen molar-refractivity contribution in [1.82, 2.24) is 9.55 Å². The maximum absolute atomic E-state index is 4.81. The van der Waals surface area contributed by atoms with Crippen molar-refractivity contribution in [3.05, 3.63) is 53.6 Å². The molecule has 0 amide bonds. The summed E-state index contributed by atoms with van der Waals surface area (Å²) in [6.07, 6.45) is 5.59. The first-order valence-corrected chi connectivity index (χ1v) is 6.83. The number of hydrogen-bond donors (Lipinski definition) is 0. The predicted molar refractivity (Wildman–Crippen MR) is 73.7 cm³/mol. The van der Waals surface area contributed by atoms with E-state index >= 15 is 0 Å². The molecule has 1 aliphatic heterocycles. The smallest absolute Gasteiger partial charge is 0.109 e. The lowest BCUT2D eigenvalue weighted by atomic mass is 9.95. The molecule has 2 aromatic rings. The zero-order chi connectivity index (χ0) is 12.5. The van der Waals surface area contributed by atoms with Crippen LogP contribution in [0.15, 0.2) is 36.5 Å². The van der Waals surface area contributed by atoms with Gasteiger partial charge in [-0.05, 0) is 24.8 Å². The minimum Gasteiger partial charge on any atom is -0.332 e. The largest absolute Gasteiger partial charge is 0.332 e. The zero-order valence-electron chi connectivity index (χ0n) is 11.1. The van der Waals surface area contributed by atoms with Crippen LogP contribution in [0.3, 0.4) is 0 Å². The zero-order valence-corrected chi connectivity index (χ0v) is 11.1. The summed E-state index contributed by atoms with van der Waals surface area (Å²) < 4.78 is 2.37. The van der Waals surface area contributed by atoms with Gasteiger partial charge in [-0.1, -0.05) is 37.3 Å². The molecular formula is C16H20N2. The first-order valence-electron chi connectivity index (χ1n) is 6.83. The van der Waals surface area contributed by atoms with E-state index in [-0.39, 0.29) is 0 Å². The minimum absolute atomic E-state index is 0.598. The molecule has 94 valence electrons. The summed E-state index contributed by atoms with van der Waals surface area (Å²) in [6.45, 7) is 4.62. The van der Waals surface area contributed by atoms with Crippen LogP contribution in [0.2, 0.25) is 0 Å². The summed E-state index contributed by atoms with van der Waals surface area (Å²) in [7, 11) is 0. The Bertz CT molecular complexity index is 527. The van der Waals surface area contributed by atoms with Crippen molar-refractivity contribution in [2.45, 2.75) is 39.2 Å². The van der Waals surface area contributed by atoms with Crippen LogP contribution >= 0.6 is 0 Å². The maximum Gasteiger partial charge on any atom is 0.109 e. The lowest BCUT2D eigenvalue weighted by molar-refractivity contribution is 0.343. The maximum atomic E-state index is 4.81. The third-order valence-corrected chi connectivity index (χ3v) is 3.84. The molecule has 0 spiro atoms. The highest BCUT2D eigenvalue weighted by molar-refractivity contribution is 5.22. The van der Waals surface area contributed by atoms with Crippen molar-refractivity contribution in [1.29, 1.82) is 0 Å². The Labute approximate surface area is 109 Å². The van der Waals surface area contributed by atoms with E-state index in [0.717, 1.165) is 18.8 Å². The Morgan fingerprint density at radius 2 is 2.00 bits per heavy atom. The van der Waals surface area contributed by atoms with Crippen LogP contribution in [0, 0.1) is 5.92 Å². The second-order valence-corrected chi connectivity index (χ2v) is 5.61. The Morgan fingerprint density at radius 3 is 2.78 bits per heavy atom. The fraction of sp³-hybridized carbons (Fsp3) is 0.438. The number of hydrogen-bond acceptors (Lipinski definition) is 1. The van der Waals surface area contributed by atoms with Crippen molar-refractivity contribution in [2.24, 2.45) is 5.92 Å². The van der Waals surface area contributed by atoms with Gasteiger partial charge in [0.1, 0.15) is 5.82 Å². The van der Waals surface area contributed by atoms with Crippen molar-refractivity contribution >= 4 is 0 Å². The lowest BCUT2D eigenvalue weighted by Gasteiger charge is -2.26. The van der Waals surface area contributed by atoms with Crippen LogP contribution in [0.1, 0.15) is 43.4 Å². The van der Waals surface area contributed by atoms with Crippen LogP contribution < -0.4 is 0 Å². The highest BCUT2D eigenvalue weighted by Gasteiger charge is 2.22. The van der Waals surface area contributed by atoms with E-state index in [2.05, 4.69) is 54.9 Å². The Morgan fingerprint density at radius 1 is 1.22 bits per heavy atom. The molecule has 2 nitrogen and oxygen atoms in total. The van der Waals surface area contributed by atoms with Crippen molar-refractivity contribution < 1.29 is 0 Å². The second kappa shape index (κ2) is 4.60. The van der Waals surface area contributed by atoms with Crippen molar-refractivity contribution in [3.63, 3.8) is 0 Å². The molecule has 1 aromatic carbocycles. The van der Waals surface area contributed by atoms with E-state index in [4.69, 9.17) is 4.98 Å². The van der Waals surface area contributed by atoms with Gasteiger partial charge >= 0.3 is 0 Å². The van der Waals surface area contributed by atoms with Gasteiger partial charge < -0.3 is 4.57 Å². The molecular weight excluding hydrogens is 220 g/mol. The van der Waals surface area contributed by atoms with Crippen molar-refractivity contribution in [2.75, 3.05) is 0 Å². The van der Waals surface area contributed by atoms with Gasteiger partial charge in [-0.3, -0.25) is 0 Å². The first kappa shape index (κ1) is 11.5. The number of aromatic nitrogens is 2. The predicted octanol–water partition coefficient (Wildman–Crippen LogP) is 3.62. The van der Waals surface area contributed by atoms with Crippen molar-refractivity contribution in [3.8, 4) is 0 Å². The Hall–Kier alpha value is -1.57. The Kier molecular flexibility index (Phi) is 2.94. The SMILES string of the molecule is CC1Cc2nc(Cc3ccccc3)cn2C(C)C1. The summed E-state index contributed by atoms with van der Waals surface area (Å²) in [5.74, 6) is 2.03. The van der Waals surface area contributed by atoms with Gasteiger partial charge in [0.05, 0.1) is 5.69 Å². The Balaban J connectivity index is 1.85. The van der Waals surface area contributed by atoms with E-state index in [0.29, 0.717) is 6.04 Å². The number of fused-ring (bicyclic) bond motifs is 1. The van der Waals surface area contributed by atoms with E-state index < -0.39 is 0 Å². The number of nitrogens with zero attached hydrogens (tertiary/aromatic N) is 2. The molecule has 2 unspecified atom stereocenters. The van der Waals surface area contributed by atoms with Gasteiger partial charge in [-0.2, -0.15) is 0 Å².